The van der Waals surface area contributed by atoms with Gasteiger partial charge >= 0.3 is 24.0 Å². The quantitative estimate of drug-likeness (QED) is 0.608. The third-order valence-electron chi connectivity index (χ3n) is 1.28. The van der Waals surface area contributed by atoms with Gasteiger partial charge in [-0.1, -0.05) is 0 Å². The highest BCUT2D eigenvalue weighted by atomic mass is 31.3. The molecule has 0 radical (unpaired) electrons. The summed E-state index contributed by atoms with van der Waals surface area (Å²) in [6, 6.07) is 0. The van der Waals surface area contributed by atoms with E-state index in [9.17, 15) is 16.8 Å². The Hall–Kier alpha value is 0.650. The van der Waals surface area contributed by atoms with E-state index < -0.39 is 24.0 Å². The predicted octanol–water partition coefficient (Wildman–Crippen LogP) is 4.04. The summed E-state index contributed by atoms with van der Waals surface area (Å²) in [4.78, 5) is 2.92. The van der Waals surface area contributed by atoms with E-state index in [0.29, 0.717) is 0 Å². The Morgan fingerprint density at radius 3 is 2.47 bits per heavy atom. The smallest absolute Gasteiger partial charge is 0.308 e. The van der Waals surface area contributed by atoms with Crippen LogP contribution in [0.15, 0.2) is 4.52 Å². The van der Waals surface area contributed by atoms with Crippen molar-refractivity contribution < 1.29 is 25.8 Å². The number of nitrogens with zero attached hydrogens (tertiary/aromatic N) is 1. The summed E-state index contributed by atoms with van der Waals surface area (Å²) in [6.07, 6.45) is 0. The molecule has 0 saturated heterocycles. The second-order valence-electron chi connectivity index (χ2n) is 2.41. The third-order valence-corrected chi connectivity index (χ3v) is 8.20. The van der Waals surface area contributed by atoms with Crippen LogP contribution >= 0.6 is 24.0 Å². The Balaban J connectivity index is 3.01. The maximum absolute atomic E-state index is 13.6. The molecule has 12 heteroatoms. The van der Waals surface area contributed by atoms with E-state index in [-0.39, 0.29) is 6.61 Å². The number of nitrogens with one attached hydrogen (secondary N) is 2. The summed E-state index contributed by atoms with van der Waals surface area (Å²) in [5.41, 5.74) is 0. The van der Waals surface area contributed by atoms with E-state index >= 15 is 0 Å². The normalized spacial score (nSPS) is 39.9. The van der Waals surface area contributed by atoms with Crippen LogP contribution in [0, 0.1) is 0 Å². The van der Waals surface area contributed by atoms with Gasteiger partial charge in [0.05, 0.1) is 11.5 Å². The third kappa shape index (κ3) is 3.56. The van der Waals surface area contributed by atoms with Crippen molar-refractivity contribution in [3.63, 3.8) is 0 Å². The largest absolute Gasteiger partial charge is 0.625 e. The minimum atomic E-state index is -5.21. The van der Waals surface area contributed by atoms with E-state index in [4.69, 9.17) is 0 Å². The molecule has 0 saturated carbocycles. The van der Waals surface area contributed by atoms with E-state index in [2.05, 4.69) is 13.6 Å². The molecule has 1 heterocycles. The van der Waals surface area contributed by atoms with Crippen LogP contribution in [0.3, 0.4) is 0 Å². The highest BCUT2D eigenvalue weighted by Crippen LogP contribution is 2.82. The highest BCUT2D eigenvalue weighted by molar-refractivity contribution is 7.87. The molecule has 0 aliphatic carbocycles. The zero-order valence-electron chi connectivity index (χ0n) is 7.82. The molecule has 0 spiro atoms. The summed E-state index contributed by atoms with van der Waals surface area (Å²) >= 11 is 0. The van der Waals surface area contributed by atoms with Gasteiger partial charge in [0, 0.05) is 24.2 Å². The van der Waals surface area contributed by atoms with Gasteiger partial charge in [-0.2, -0.15) is 8.72 Å². The topological polar surface area (TPSA) is 54.9 Å². The lowest BCUT2D eigenvalue weighted by molar-refractivity contribution is 0.325. The molecule has 2 atom stereocenters. The van der Waals surface area contributed by atoms with Gasteiger partial charge in [-0.3, -0.25) is 0 Å². The minimum Gasteiger partial charge on any atom is -0.308 e. The molecule has 0 amide bonds. The van der Waals surface area contributed by atoms with Gasteiger partial charge < -0.3 is 4.52 Å². The lowest BCUT2D eigenvalue weighted by Crippen LogP contribution is -2.25. The van der Waals surface area contributed by atoms with Gasteiger partial charge in [0.2, 0.25) is 0 Å². The Morgan fingerprint density at radius 2 is 2.00 bits per heavy atom. The SMILES string of the molecule is CCO[P+]1(F)NP(F)(OC)=N[P+](F)(F)N1. The summed E-state index contributed by atoms with van der Waals surface area (Å²) in [5.74, 6) is 0. The molecule has 90 valence electrons. The molecule has 0 bridgehead atoms. The Morgan fingerprint density at radius 1 is 1.40 bits per heavy atom. The van der Waals surface area contributed by atoms with Gasteiger partial charge in [0.25, 0.3) is 0 Å². The molecule has 1 rings (SSSR count). The molecule has 0 aromatic rings. The Bertz CT molecular complexity index is 304. The van der Waals surface area contributed by atoms with E-state index in [1.807, 2.05) is 0 Å². The summed E-state index contributed by atoms with van der Waals surface area (Å²) in [7, 11) is -13.2. The maximum Gasteiger partial charge on any atom is 0.625 e. The van der Waals surface area contributed by atoms with Crippen molar-refractivity contribution >= 4 is 24.0 Å². The minimum absolute atomic E-state index is 0.173. The fraction of sp³-hybridized carbons (Fsp3) is 1.00. The van der Waals surface area contributed by atoms with Crippen molar-refractivity contribution in [3.05, 3.63) is 0 Å². The van der Waals surface area contributed by atoms with Gasteiger partial charge in [-0.05, 0) is 11.8 Å². The second kappa shape index (κ2) is 4.49. The van der Waals surface area contributed by atoms with Crippen LogP contribution < -0.4 is 9.72 Å². The van der Waals surface area contributed by atoms with Crippen LogP contribution in [-0.2, 0) is 9.05 Å². The molecule has 0 fully saturated rings. The zero-order valence-corrected chi connectivity index (χ0v) is 10.5. The molecule has 1 aliphatic heterocycles. The van der Waals surface area contributed by atoms with Gasteiger partial charge in [0.1, 0.15) is 0 Å². The molecular formula is C3H10F4N3O2P3+2. The Labute approximate surface area is 85.6 Å². The lowest BCUT2D eigenvalue weighted by Gasteiger charge is -2.20. The molecule has 0 aromatic heterocycles. The van der Waals surface area contributed by atoms with Crippen LogP contribution in [0.5, 0.6) is 0 Å². The first kappa shape index (κ1) is 13.7. The first-order valence-corrected chi connectivity index (χ1v) is 8.41. The molecule has 1 aliphatic rings. The van der Waals surface area contributed by atoms with Crippen molar-refractivity contribution in [1.29, 1.82) is 0 Å². The molecule has 2 unspecified atom stereocenters. The first-order valence-electron chi connectivity index (χ1n) is 3.74. The first-order chi connectivity index (χ1) is 6.74. The molecule has 2 N–H and O–H groups in total. The summed E-state index contributed by atoms with van der Waals surface area (Å²) in [5, 5.41) is 0. The average Bonchev–Trinajstić information content (AvgIpc) is 1.99. The van der Waals surface area contributed by atoms with E-state index in [1.54, 1.807) is 4.86 Å². The number of hydrogen-bond donors (Lipinski definition) is 2. The number of hydrogen-bond acceptors (Lipinski definition) is 5. The molecular weight excluding hydrogens is 279 g/mol. The van der Waals surface area contributed by atoms with Crippen LogP contribution in [0.25, 0.3) is 0 Å². The summed E-state index contributed by atoms with van der Waals surface area (Å²) < 4.78 is 64.0. The van der Waals surface area contributed by atoms with Gasteiger partial charge in [-0.25, -0.2) is 0 Å². The predicted molar refractivity (Wildman–Crippen MR) is 52.5 cm³/mol. The van der Waals surface area contributed by atoms with Crippen molar-refractivity contribution in [2.45, 2.75) is 6.92 Å². The number of halogens is 4. The molecule has 5 nitrogen and oxygen atoms in total. The van der Waals surface area contributed by atoms with Crippen molar-refractivity contribution in [2.75, 3.05) is 13.7 Å². The highest BCUT2D eigenvalue weighted by Gasteiger charge is 2.70. The van der Waals surface area contributed by atoms with E-state index in [0.717, 1.165) is 7.11 Å². The standard InChI is InChI=1S/C3H10F4N3O2P3/c1-3-12-15(7)9-13(4,5)8-14(6,10-15)11-2/h9-10H,3H2,1-2H3/q+2. The van der Waals surface area contributed by atoms with Crippen molar-refractivity contribution in [1.82, 2.24) is 9.72 Å². The van der Waals surface area contributed by atoms with Crippen LogP contribution in [0.4, 0.5) is 16.8 Å². The fourth-order valence-electron chi connectivity index (χ4n) is 0.833. The summed E-state index contributed by atoms with van der Waals surface area (Å²) in [6.45, 7) is 1.23. The Kier molecular flexibility index (Phi) is 4.11. The second-order valence-corrected chi connectivity index (χ2v) is 8.38. The van der Waals surface area contributed by atoms with Crippen LogP contribution in [0.1, 0.15) is 6.92 Å². The van der Waals surface area contributed by atoms with Crippen LogP contribution in [-0.4, -0.2) is 13.7 Å². The maximum atomic E-state index is 13.6. The lowest BCUT2D eigenvalue weighted by atomic mass is 10.9. The molecule has 15 heavy (non-hydrogen) atoms. The fourth-order valence-corrected chi connectivity index (χ4v) is 7.55. The van der Waals surface area contributed by atoms with Gasteiger partial charge in [0.15, 0.2) is 0 Å². The van der Waals surface area contributed by atoms with Crippen LogP contribution in [0.2, 0.25) is 0 Å². The molecule has 0 aromatic carbocycles. The van der Waals surface area contributed by atoms with Crippen molar-refractivity contribution in [3.8, 4) is 0 Å². The van der Waals surface area contributed by atoms with Crippen molar-refractivity contribution in [2.24, 2.45) is 4.52 Å². The average molecular weight is 289 g/mol. The van der Waals surface area contributed by atoms with E-state index in [1.165, 1.54) is 11.8 Å². The monoisotopic (exact) mass is 289 g/mol. The zero-order chi connectivity index (χ0) is 11.7. The van der Waals surface area contributed by atoms with Gasteiger partial charge in [-0.15, -0.1) is 0 Å². The number of rotatable bonds is 3.